The number of anilines is 1. The lowest BCUT2D eigenvalue weighted by atomic mass is 9.98. The Bertz CT molecular complexity index is 1040. The fourth-order valence-electron chi connectivity index (χ4n) is 3.65. The number of aryl methyl sites for hydroxylation is 2. The zero-order valence-electron chi connectivity index (χ0n) is 21.7. The number of nitrogens with one attached hydrogen (secondary N) is 2. The number of hydrogen-bond acceptors (Lipinski definition) is 5. The number of carbonyl (C=O) groups is 3. The normalized spacial score (nSPS) is 12.9. The Morgan fingerprint density at radius 1 is 1.00 bits per heavy atom. The van der Waals surface area contributed by atoms with Crippen LogP contribution in [0.3, 0.4) is 0 Å². The molecule has 7 nitrogen and oxygen atoms in total. The second-order valence-electron chi connectivity index (χ2n) is 9.49. The van der Waals surface area contributed by atoms with E-state index in [0.29, 0.717) is 17.9 Å². The summed E-state index contributed by atoms with van der Waals surface area (Å²) in [6.45, 7) is 9.12. The predicted molar refractivity (Wildman–Crippen MR) is 143 cm³/mol. The van der Waals surface area contributed by atoms with Crippen LogP contribution >= 0.6 is 11.8 Å². The number of benzene rings is 2. The molecule has 0 aromatic heterocycles. The van der Waals surface area contributed by atoms with Crippen molar-refractivity contribution in [2.75, 3.05) is 24.4 Å². The van der Waals surface area contributed by atoms with E-state index < -0.39 is 23.8 Å². The molecule has 190 valence electrons. The number of alkyl carbamates (subject to hydrolysis) is 1. The van der Waals surface area contributed by atoms with Crippen LogP contribution in [-0.4, -0.2) is 53.5 Å². The van der Waals surface area contributed by atoms with Crippen molar-refractivity contribution in [1.82, 2.24) is 10.2 Å². The molecule has 2 unspecified atom stereocenters. The summed E-state index contributed by atoms with van der Waals surface area (Å²) in [6.07, 6.45) is 1.68. The summed E-state index contributed by atoms with van der Waals surface area (Å²) >= 11 is 1.57. The monoisotopic (exact) mass is 499 g/mol. The van der Waals surface area contributed by atoms with Gasteiger partial charge in [0.05, 0.1) is 0 Å². The number of carbonyl (C=O) groups excluding carboxylic acids is 3. The second kappa shape index (κ2) is 12.6. The fourth-order valence-corrected chi connectivity index (χ4v) is 4.12. The number of hydrogen-bond donors (Lipinski definition) is 2. The summed E-state index contributed by atoms with van der Waals surface area (Å²) < 4.78 is 5.38. The van der Waals surface area contributed by atoms with Crippen LogP contribution in [0.15, 0.2) is 48.5 Å². The number of rotatable bonds is 9. The zero-order valence-corrected chi connectivity index (χ0v) is 22.5. The van der Waals surface area contributed by atoms with Crippen molar-refractivity contribution in [2.24, 2.45) is 0 Å². The number of amides is 3. The highest BCUT2D eigenvalue weighted by atomic mass is 32.2. The summed E-state index contributed by atoms with van der Waals surface area (Å²) in [6, 6.07) is 13.3. The van der Waals surface area contributed by atoms with Gasteiger partial charge in [0, 0.05) is 12.7 Å². The van der Waals surface area contributed by atoms with E-state index in [9.17, 15) is 14.4 Å². The van der Waals surface area contributed by atoms with Gasteiger partial charge in [-0.3, -0.25) is 9.59 Å². The van der Waals surface area contributed by atoms with Gasteiger partial charge in [-0.25, -0.2) is 4.79 Å². The van der Waals surface area contributed by atoms with Crippen molar-refractivity contribution in [3.8, 4) is 0 Å². The number of nitrogens with zero attached hydrogens (tertiary/aromatic N) is 1. The number of thioether (sulfide) groups is 1. The Hall–Kier alpha value is -3.00. The van der Waals surface area contributed by atoms with Gasteiger partial charge in [-0.15, -0.1) is 0 Å². The van der Waals surface area contributed by atoms with Crippen LogP contribution in [0.5, 0.6) is 0 Å². The summed E-state index contributed by atoms with van der Waals surface area (Å²) in [7, 11) is 1.60. The highest BCUT2D eigenvalue weighted by Gasteiger charge is 2.34. The van der Waals surface area contributed by atoms with E-state index in [4.69, 9.17) is 4.74 Å². The van der Waals surface area contributed by atoms with E-state index in [1.807, 2.05) is 68.6 Å². The maximum Gasteiger partial charge on any atom is 0.408 e. The molecule has 3 amide bonds. The van der Waals surface area contributed by atoms with E-state index >= 15 is 0 Å². The van der Waals surface area contributed by atoms with E-state index in [1.165, 1.54) is 4.90 Å². The summed E-state index contributed by atoms with van der Waals surface area (Å²) in [5, 5.41) is 5.69. The highest BCUT2D eigenvalue weighted by molar-refractivity contribution is 7.98. The van der Waals surface area contributed by atoms with Gasteiger partial charge in [-0.05, 0) is 75.8 Å². The van der Waals surface area contributed by atoms with Crippen LogP contribution in [0.25, 0.3) is 0 Å². The predicted octanol–water partition coefficient (Wildman–Crippen LogP) is 5.09. The van der Waals surface area contributed by atoms with Gasteiger partial charge >= 0.3 is 6.09 Å². The largest absolute Gasteiger partial charge is 0.444 e. The molecule has 2 rings (SSSR count). The van der Waals surface area contributed by atoms with Gasteiger partial charge < -0.3 is 20.3 Å². The maximum atomic E-state index is 13.7. The Labute approximate surface area is 213 Å². The molecule has 35 heavy (non-hydrogen) atoms. The third-order valence-corrected chi connectivity index (χ3v) is 6.11. The van der Waals surface area contributed by atoms with Gasteiger partial charge in [0.2, 0.25) is 5.91 Å². The average Bonchev–Trinajstić information content (AvgIpc) is 2.77. The smallest absolute Gasteiger partial charge is 0.408 e. The van der Waals surface area contributed by atoms with Crippen LogP contribution in [0.1, 0.15) is 49.9 Å². The van der Waals surface area contributed by atoms with Crippen molar-refractivity contribution in [1.29, 1.82) is 0 Å². The van der Waals surface area contributed by atoms with E-state index in [0.717, 1.165) is 16.7 Å². The second-order valence-corrected chi connectivity index (χ2v) is 10.5. The molecule has 0 bridgehead atoms. The molecule has 0 aliphatic carbocycles. The first-order valence-electron chi connectivity index (χ1n) is 11.6. The summed E-state index contributed by atoms with van der Waals surface area (Å²) in [5.41, 5.74) is 2.51. The van der Waals surface area contributed by atoms with Crippen molar-refractivity contribution in [2.45, 2.75) is 58.7 Å². The van der Waals surface area contributed by atoms with Gasteiger partial charge in [0.1, 0.15) is 17.7 Å². The van der Waals surface area contributed by atoms with Crippen molar-refractivity contribution < 1.29 is 19.1 Å². The van der Waals surface area contributed by atoms with Crippen LogP contribution in [-0.2, 0) is 14.3 Å². The van der Waals surface area contributed by atoms with Crippen LogP contribution in [0.2, 0.25) is 0 Å². The third-order valence-electron chi connectivity index (χ3n) is 5.47. The Morgan fingerprint density at radius 3 is 2.17 bits per heavy atom. The Balaban J connectivity index is 2.38. The van der Waals surface area contributed by atoms with E-state index in [1.54, 1.807) is 39.6 Å². The van der Waals surface area contributed by atoms with Crippen LogP contribution in [0.4, 0.5) is 10.5 Å². The molecule has 2 N–H and O–H groups in total. The average molecular weight is 500 g/mol. The molecule has 0 aliphatic heterocycles. The molecule has 2 aromatic carbocycles. The molecule has 0 radical (unpaired) electrons. The lowest BCUT2D eigenvalue weighted by molar-refractivity contribution is -0.139. The zero-order chi connectivity index (χ0) is 26.2. The molecule has 0 saturated carbocycles. The van der Waals surface area contributed by atoms with Crippen LogP contribution < -0.4 is 10.6 Å². The van der Waals surface area contributed by atoms with Gasteiger partial charge in [0.25, 0.3) is 5.91 Å². The molecule has 0 fully saturated rings. The SMILES string of the molecule is CSCCC(NC(=O)OC(C)(C)C)C(=O)N(C)C(C(=O)Nc1ccccc1C)c1ccccc1C. The molecular weight excluding hydrogens is 462 g/mol. The molecule has 0 spiro atoms. The Kier molecular flexibility index (Phi) is 10.2. The molecule has 2 aromatic rings. The minimum absolute atomic E-state index is 0.328. The number of para-hydroxylation sites is 1. The van der Waals surface area contributed by atoms with Crippen molar-refractivity contribution in [3.63, 3.8) is 0 Å². The number of ether oxygens (including phenoxy) is 1. The quantitative estimate of drug-likeness (QED) is 0.502. The lowest BCUT2D eigenvalue weighted by Gasteiger charge is -2.32. The topological polar surface area (TPSA) is 87.7 Å². The van der Waals surface area contributed by atoms with Gasteiger partial charge in [0.15, 0.2) is 0 Å². The van der Waals surface area contributed by atoms with Crippen molar-refractivity contribution >= 4 is 35.4 Å². The van der Waals surface area contributed by atoms with Gasteiger partial charge in [-0.1, -0.05) is 42.5 Å². The first-order valence-corrected chi connectivity index (χ1v) is 13.0. The third kappa shape index (κ3) is 8.31. The van der Waals surface area contributed by atoms with Crippen LogP contribution in [0, 0.1) is 13.8 Å². The molecular formula is C27H37N3O4S. The summed E-state index contributed by atoms with van der Waals surface area (Å²) in [4.78, 5) is 41.1. The fraction of sp³-hybridized carbons (Fsp3) is 0.444. The van der Waals surface area contributed by atoms with Gasteiger partial charge in [-0.2, -0.15) is 11.8 Å². The van der Waals surface area contributed by atoms with E-state index in [2.05, 4.69) is 10.6 Å². The standard InChI is InChI=1S/C27H37N3O4S/c1-18-12-8-10-14-20(18)23(24(31)28-21-15-11-9-13-19(21)2)30(6)25(32)22(16-17-35-7)29-26(33)34-27(3,4)5/h8-15,22-23H,16-17H2,1-7H3,(H,28,31)(H,29,33). The molecule has 0 aliphatic rings. The van der Waals surface area contributed by atoms with Crippen molar-refractivity contribution in [3.05, 3.63) is 65.2 Å². The Morgan fingerprint density at radius 2 is 1.60 bits per heavy atom. The van der Waals surface area contributed by atoms with E-state index in [-0.39, 0.29) is 11.8 Å². The minimum atomic E-state index is -0.888. The highest BCUT2D eigenvalue weighted by Crippen LogP contribution is 2.27. The molecule has 2 atom stereocenters. The lowest BCUT2D eigenvalue weighted by Crippen LogP contribution is -2.51. The summed E-state index contributed by atoms with van der Waals surface area (Å²) in [5.74, 6) is -0.0340. The first kappa shape index (κ1) is 28.2. The minimum Gasteiger partial charge on any atom is -0.444 e. The number of likely N-dealkylation sites (N-methyl/N-ethyl adjacent to an activating group) is 1. The molecule has 8 heteroatoms. The maximum absolute atomic E-state index is 13.7. The first-order chi connectivity index (χ1) is 16.4. The molecule has 0 heterocycles. The molecule has 0 saturated heterocycles.